The molecule has 1 aromatic carbocycles. The van der Waals surface area contributed by atoms with E-state index < -0.39 is 12.2 Å². The van der Waals surface area contributed by atoms with Gasteiger partial charge < -0.3 is 10.2 Å². The van der Waals surface area contributed by atoms with Gasteiger partial charge in [0.1, 0.15) is 0 Å². The van der Waals surface area contributed by atoms with Crippen molar-refractivity contribution >= 4 is 0 Å². The first-order valence-electron chi connectivity index (χ1n) is 7.31. The summed E-state index contributed by atoms with van der Waals surface area (Å²) in [6, 6.07) is 10.5. The molecular formula is C17H22O2. The fraction of sp³-hybridized carbons (Fsp3) is 0.529. The molecule has 2 nitrogen and oxygen atoms in total. The van der Waals surface area contributed by atoms with Crippen LogP contribution in [-0.2, 0) is 6.42 Å². The van der Waals surface area contributed by atoms with Crippen LogP contribution in [0.2, 0.25) is 0 Å². The van der Waals surface area contributed by atoms with Gasteiger partial charge in [0.15, 0.2) is 0 Å². The lowest BCUT2D eigenvalue weighted by atomic mass is 9.61. The minimum Gasteiger partial charge on any atom is -0.390 e. The van der Waals surface area contributed by atoms with Crippen molar-refractivity contribution in [1.29, 1.82) is 0 Å². The molecule has 1 fully saturated rings. The second kappa shape index (κ2) is 5.10. The van der Waals surface area contributed by atoms with E-state index in [2.05, 4.69) is 24.3 Å². The summed E-state index contributed by atoms with van der Waals surface area (Å²) in [5, 5.41) is 19.9. The van der Waals surface area contributed by atoms with Gasteiger partial charge in [0.2, 0.25) is 0 Å². The van der Waals surface area contributed by atoms with Crippen LogP contribution in [0.15, 0.2) is 42.0 Å². The van der Waals surface area contributed by atoms with Crippen molar-refractivity contribution in [1.82, 2.24) is 0 Å². The maximum Gasteiger partial charge on any atom is 0.0983 e. The molecule has 2 aliphatic rings. The topological polar surface area (TPSA) is 40.5 Å². The smallest absolute Gasteiger partial charge is 0.0983 e. The average Bonchev–Trinajstić information content (AvgIpc) is 2.41. The Labute approximate surface area is 114 Å². The molecule has 0 amide bonds. The summed E-state index contributed by atoms with van der Waals surface area (Å²) in [5.74, 6) is 0. The van der Waals surface area contributed by atoms with Crippen LogP contribution in [0.4, 0.5) is 0 Å². The second-order valence-corrected chi connectivity index (χ2v) is 6.10. The molecule has 2 N–H and O–H groups in total. The molecule has 2 heteroatoms. The molecule has 0 heterocycles. The summed E-state index contributed by atoms with van der Waals surface area (Å²) in [5.41, 5.74) is 2.79. The van der Waals surface area contributed by atoms with E-state index in [0.29, 0.717) is 6.42 Å². The van der Waals surface area contributed by atoms with Crippen molar-refractivity contribution in [2.45, 2.75) is 50.7 Å². The lowest BCUT2D eigenvalue weighted by molar-refractivity contribution is -0.000931. The number of aliphatic hydroxyl groups excluding tert-OH is 2. The van der Waals surface area contributed by atoms with Crippen LogP contribution in [0.5, 0.6) is 0 Å². The Hall–Kier alpha value is -1.12. The van der Waals surface area contributed by atoms with Crippen LogP contribution in [0.1, 0.15) is 37.7 Å². The highest BCUT2D eigenvalue weighted by atomic mass is 16.3. The van der Waals surface area contributed by atoms with Crippen LogP contribution >= 0.6 is 0 Å². The molecule has 0 aliphatic heterocycles. The van der Waals surface area contributed by atoms with Gasteiger partial charge in [-0.3, -0.25) is 0 Å². The van der Waals surface area contributed by atoms with Crippen molar-refractivity contribution in [3.8, 4) is 0 Å². The number of hydrogen-bond donors (Lipinski definition) is 2. The van der Waals surface area contributed by atoms with Crippen LogP contribution in [0.3, 0.4) is 0 Å². The van der Waals surface area contributed by atoms with Crippen molar-refractivity contribution in [3.05, 3.63) is 47.5 Å². The molecule has 3 unspecified atom stereocenters. The number of rotatable bonds is 2. The molecular weight excluding hydrogens is 236 g/mol. The van der Waals surface area contributed by atoms with E-state index in [-0.39, 0.29) is 5.41 Å². The Morgan fingerprint density at radius 3 is 2.68 bits per heavy atom. The standard InChI is InChI=1S/C17H22O2/c18-15-10-14-8-4-5-9-17(14,12-16(15)19)11-13-6-2-1-3-7-13/h1-3,6-7,10,15-16,18-19H,4-5,8-9,11-12H2. The Bertz CT molecular complexity index is 465. The van der Waals surface area contributed by atoms with Crippen molar-refractivity contribution in [2.75, 3.05) is 0 Å². The van der Waals surface area contributed by atoms with E-state index in [1.165, 1.54) is 24.0 Å². The van der Waals surface area contributed by atoms with Gasteiger partial charge in [0.05, 0.1) is 12.2 Å². The first-order valence-corrected chi connectivity index (χ1v) is 7.31. The maximum absolute atomic E-state index is 10.1. The Morgan fingerprint density at radius 2 is 1.89 bits per heavy atom. The molecule has 0 spiro atoms. The highest BCUT2D eigenvalue weighted by Crippen LogP contribution is 2.49. The first-order chi connectivity index (χ1) is 9.20. The van der Waals surface area contributed by atoms with E-state index in [1.54, 1.807) is 0 Å². The van der Waals surface area contributed by atoms with Gasteiger partial charge in [0, 0.05) is 0 Å². The molecule has 3 atom stereocenters. The monoisotopic (exact) mass is 258 g/mol. The van der Waals surface area contributed by atoms with Gasteiger partial charge in [0.25, 0.3) is 0 Å². The van der Waals surface area contributed by atoms with Crippen LogP contribution in [-0.4, -0.2) is 22.4 Å². The molecule has 3 rings (SSSR count). The minimum atomic E-state index is -0.669. The van der Waals surface area contributed by atoms with Crippen LogP contribution < -0.4 is 0 Å². The number of hydrogen-bond acceptors (Lipinski definition) is 2. The number of fused-ring (bicyclic) bond motifs is 1. The second-order valence-electron chi connectivity index (χ2n) is 6.10. The van der Waals surface area contributed by atoms with E-state index >= 15 is 0 Å². The maximum atomic E-state index is 10.1. The van der Waals surface area contributed by atoms with Gasteiger partial charge in [-0.1, -0.05) is 48.4 Å². The summed E-state index contributed by atoms with van der Waals surface area (Å²) in [7, 11) is 0. The normalized spacial score (nSPS) is 34.5. The predicted molar refractivity (Wildman–Crippen MR) is 75.8 cm³/mol. The SMILES string of the molecule is OC1C=C2CCCCC2(Cc2ccccc2)CC1O. The summed E-state index contributed by atoms with van der Waals surface area (Å²) < 4.78 is 0. The molecule has 1 aromatic rings. The fourth-order valence-corrected chi connectivity index (χ4v) is 3.80. The zero-order chi connectivity index (χ0) is 13.3. The van der Waals surface area contributed by atoms with Gasteiger partial charge >= 0.3 is 0 Å². The van der Waals surface area contributed by atoms with Gasteiger partial charge in [-0.05, 0) is 43.1 Å². The van der Waals surface area contributed by atoms with Gasteiger partial charge in [-0.25, -0.2) is 0 Å². The molecule has 0 radical (unpaired) electrons. The van der Waals surface area contributed by atoms with Crippen molar-refractivity contribution < 1.29 is 10.2 Å². The Morgan fingerprint density at radius 1 is 1.11 bits per heavy atom. The van der Waals surface area contributed by atoms with Crippen LogP contribution in [0.25, 0.3) is 0 Å². The zero-order valence-electron chi connectivity index (χ0n) is 11.3. The summed E-state index contributed by atoms with van der Waals surface area (Å²) >= 11 is 0. The Balaban J connectivity index is 1.92. The highest BCUT2D eigenvalue weighted by Gasteiger charge is 2.42. The predicted octanol–water partition coefficient (Wildman–Crippen LogP) is 2.84. The van der Waals surface area contributed by atoms with E-state index in [1.807, 2.05) is 12.1 Å². The lowest BCUT2D eigenvalue weighted by Crippen LogP contribution is -2.42. The van der Waals surface area contributed by atoms with Crippen LogP contribution in [0, 0.1) is 5.41 Å². The molecule has 0 aromatic heterocycles. The van der Waals surface area contributed by atoms with Crippen molar-refractivity contribution in [2.24, 2.45) is 5.41 Å². The Kier molecular flexibility index (Phi) is 3.46. The third-order valence-corrected chi connectivity index (χ3v) is 4.78. The van der Waals surface area contributed by atoms with E-state index in [9.17, 15) is 10.2 Å². The quantitative estimate of drug-likeness (QED) is 0.801. The zero-order valence-corrected chi connectivity index (χ0v) is 11.3. The lowest BCUT2D eigenvalue weighted by Gasteiger charge is -2.45. The van der Waals surface area contributed by atoms with Crippen molar-refractivity contribution in [3.63, 3.8) is 0 Å². The summed E-state index contributed by atoms with van der Waals surface area (Å²) in [6.45, 7) is 0. The molecule has 2 aliphatic carbocycles. The highest BCUT2D eigenvalue weighted by molar-refractivity contribution is 5.28. The minimum absolute atomic E-state index is 0.0816. The molecule has 102 valence electrons. The van der Waals surface area contributed by atoms with E-state index in [4.69, 9.17) is 0 Å². The summed E-state index contributed by atoms with van der Waals surface area (Å²) in [4.78, 5) is 0. The molecule has 0 bridgehead atoms. The average molecular weight is 258 g/mol. The third-order valence-electron chi connectivity index (χ3n) is 4.78. The molecule has 1 saturated carbocycles. The fourth-order valence-electron chi connectivity index (χ4n) is 3.80. The number of benzene rings is 1. The van der Waals surface area contributed by atoms with Gasteiger partial charge in [-0.15, -0.1) is 0 Å². The molecule has 19 heavy (non-hydrogen) atoms. The number of aliphatic hydroxyl groups is 2. The molecule has 0 saturated heterocycles. The van der Waals surface area contributed by atoms with Gasteiger partial charge in [-0.2, -0.15) is 0 Å². The van der Waals surface area contributed by atoms with E-state index in [0.717, 1.165) is 19.3 Å². The third kappa shape index (κ3) is 2.47. The number of allylic oxidation sites excluding steroid dienone is 1. The largest absolute Gasteiger partial charge is 0.390 e. The first kappa shape index (κ1) is 12.9. The summed E-state index contributed by atoms with van der Waals surface area (Å²) in [6.07, 6.45) is 7.00.